The van der Waals surface area contributed by atoms with Crippen LogP contribution < -0.4 is 15.4 Å². The van der Waals surface area contributed by atoms with Gasteiger partial charge in [-0.15, -0.1) is 0 Å². The van der Waals surface area contributed by atoms with E-state index < -0.39 is 0 Å². The number of aromatic nitrogens is 1. The van der Waals surface area contributed by atoms with Crippen molar-refractivity contribution in [3.05, 3.63) is 60.3 Å². The van der Waals surface area contributed by atoms with E-state index in [1.54, 1.807) is 7.11 Å². The Labute approximate surface area is 147 Å². The van der Waals surface area contributed by atoms with E-state index in [1.165, 1.54) is 0 Å². The van der Waals surface area contributed by atoms with Gasteiger partial charge in [-0.3, -0.25) is 0 Å². The summed E-state index contributed by atoms with van der Waals surface area (Å²) in [6, 6.07) is 15.7. The number of anilines is 1. The van der Waals surface area contributed by atoms with Crippen molar-refractivity contribution in [1.29, 1.82) is 0 Å². The Morgan fingerprint density at radius 1 is 1.16 bits per heavy atom. The third-order valence-electron chi connectivity index (χ3n) is 4.21. The third kappa shape index (κ3) is 3.94. The first-order chi connectivity index (χ1) is 12.2. The second-order valence-corrected chi connectivity index (χ2v) is 5.83. The minimum atomic E-state index is -0.193. The van der Waals surface area contributed by atoms with E-state index in [4.69, 9.17) is 4.74 Å². The topological polar surface area (TPSA) is 55.3 Å². The zero-order chi connectivity index (χ0) is 17.6. The highest BCUT2D eigenvalue weighted by Crippen LogP contribution is 2.25. The molecule has 25 heavy (non-hydrogen) atoms. The number of hydrogen-bond acceptors (Lipinski definition) is 2. The number of nitrogens with one attached hydrogen (secondary N) is 2. The Morgan fingerprint density at radius 3 is 2.80 bits per heavy atom. The first-order valence-corrected chi connectivity index (χ1v) is 8.47. The minimum absolute atomic E-state index is 0.193. The zero-order valence-corrected chi connectivity index (χ0v) is 14.6. The first kappa shape index (κ1) is 16.9. The van der Waals surface area contributed by atoms with Gasteiger partial charge in [0, 0.05) is 24.7 Å². The Kier molecular flexibility index (Phi) is 5.23. The number of nitrogens with zero attached hydrogens (tertiary/aromatic N) is 1. The van der Waals surface area contributed by atoms with Crippen LogP contribution in [0.5, 0.6) is 5.75 Å². The molecular formula is C20H23N3O2. The lowest BCUT2D eigenvalue weighted by Crippen LogP contribution is -2.30. The summed E-state index contributed by atoms with van der Waals surface area (Å²) >= 11 is 0. The normalized spacial score (nSPS) is 10.6. The maximum Gasteiger partial charge on any atom is 0.319 e. The molecule has 0 saturated carbocycles. The molecule has 1 heterocycles. The Bertz CT molecular complexity index is 870. The lowest BCUT2D eigenvalue weighted by molar-refractivity contribution is 0.252. The highest BCUT2D eigenvalue weighted by atomic mass is 16.5. The van der Waals surface area contributed by atoms with Crippen LogP contribution in [0.15, 0.2) is 54.7 Å². The molecule has 130 valence electrons. The molecule has 0 spiro atoms. The smallest absolute Gasteiger partial charge is 0.319 e. The molecule has 0 bridgehead atoms. The predicted molar refractivity (Wildman–Crippen MR) is 101 cm³/mol. The van der Waals surface area contributed by atoms with Crippen molar-refractivity contribution in [2.45, 2.75) is 19.9 Å². The molecule has 3 rings (SSSR count). The van der Waals surface area contributed by atoms with Crippen molar-refractivity contribution >= 4 is 22.6 Å². The van der Waals surface area contributed by atoms with Gasteiger partial charge in [-0.05, 0) is 37.1 Å². The number of ether oxygens (including phenoxy) is 1. The lowest BCUT2D eigenvalue weighted by Gasteiger charge is -2.08. The van der Waals surface area contributed by atoms with Crippen LogP contribution in [0.1, 0.15) is 12.5 Å². The third-order valence-corrected chi connectivity index (χ3v) is 4.21. The van der Waals surface area contributed by atoms with Gasteiger partial charge >= 0.3 is 6.03 Å². The molecular weight excluding hydrogens is 314 g/mol. The minimum Gasteiger partial charge on any atom is -0.497 e. The lowest BCUT2D eigenvalue weighted by atomic mass is 10.1. The summed E-state index contributed by atoms with van der Waals surface area (Å²) in [5.41, 5.74) is 3.08. The van der Waals surface area contributed by atoms with E-state index in [-0.39, 0.29) is 6.03 Å². The molecule has 0 aliphatic rings. The van der Waals surface area contributed by atoms with Gasteiger partial charge in [-0.1, -0.05) is 30.3 Å². The number of hydrogen-bond donors (Lipinski definition) is 2. The summed E-state index contributed by atoms with van der Waals surface area (Å²) in [7, 11) is 1.65. The van der Waals surface area contributed by atoms with Crippen molar-refractivity contribution in [2.24, 2.45) is 0 Å². The van der Waals surface area contributed by atoms with Gasteiger partial charge in [-0.2, -0.15) is 0 Å². The molecule has 1 aromatic heterocycles. The highest BCUT2D eigenvalue weighted by molar-refractivity contribution is 6.01. The van der Waals surface area contributed by atoms with Crippen LogP contribution in [0.2, 0.25) is 0 Å². The molecule has 0 atom stereocenters. The summed E-state index contributed by atoms with van der Waals surface area (Å²) in [5.74, 6) is 0.828. The van der Waals surface area contributed by atoms with E-state index in [9.17, 15) is 4.79 Å². The molecule has 0 unspecified atom stereocenters. The molecule has 5 nitrogen and oxygen atoms in total. The summed E-state index contributed by atoms with van der Waals surface area (Å²) in [6.45, 7) is 3.51. The summed E-state index contributed by atoms with van der Waals surface area (Å²) < 4.78 is 7.34. The number of rotatable bonds is 6. The Balaban J connectivity index is 1.59. The van der Waals surface area contributed by atoms with E-state index in [0.29, 0.717) is 6.54 Å². The number of aryl methyl sites for hydroxylation is 1. The SMILES string of the molecule is CCn1cc(NC(=O)NCCc2cccc(OC)c2)c2ccccc21. The summed E-state index contributed by atoms with van der Waals surface area (Å²) in [6.07, 6.45) is 2.73. The molecule has 0 saturated heterocycles. The van der Waals surface area contributed by atoms with Gasteiger partial charge in [-0.25, -0.2) is 4.79 Å². The predicted octanol–water partition coefficient (Wildman–Crippen LogP) is 4.03. The molecule has 3 aromatic rings. The molecule has 2 N–H and O–H groups in total. The fourth-order valence-electron chi connectivity index (χ4n) is 2.92. The van der Waals surface area contributed by atoms with Crippen molar-refractivity contribution in [2.75, 3.05) is 19.0 Å². The first-order valence-electron chi connectivity index (χ1n) is 8.47. The number of amides is 2. The number of fused-ring (bicyclic) bond motifs is 1. The van der Waals surface area contributed by atoms with Crippen LogP contribution in [-0.4, -0.2) is 24.3 Å². The molecule has 0 radical (unpaired) electrons. The number of carbonyl (C=O) groups is 1. The van der Waals surface area contributed by atoms with Gasteiger partial charge in [0.15, 0.2) is 0 Å². The van der Waals surface area contributed by atoms with E-state index in [1.807, 2.05) is 48.7 Å². The van der Waals surface area contributed by atoms with Gasteiger partial charge in [0.25, 0.3) is 0 Å². The van der Waals surface area contributed by atoms with Gasteiger partial charge in [0.2, 0.25) is 0 Å². The number of para-hydroxylation sites is 1. The maximum atomic E-state index is 12.2. The molecule has 5 heteroatoms. The molecule has 0 aliphatic carbocycles. The van der Waals surface area contributed by atoms with Crippen LogP contribution in [-0.2, 0) is 13.0 Å². The Morgan fingerprint density at radius 2 is 2.00 bits per heavy atom. The van der Waals surface area contributed by atoms with Crippen LogP contribution in [0, 0.1) is 0 Å². The Hall–Kier alpha value is -2.95. The van der Waals surface area contributed by atoms with Gasteiger partial charge < -0.3 is 19.9 Å². The molecule has 2 amide bonds. The molecule has 0 fully saturated rings. The largest absolute Gasteiger partial charge is 0.497 e. The summed E-state index contributed by atoms with van der Waals surface area (Å²) in [4.78, 5) is 12.2. The average Bonchev–Trinajstić information content (AvgIpc) is 3.00. The van der Waals surface area contributed by atoms with Gasteiger partial charge in [0.05, 0.1) is 18.3 Å². The number of benzene rings is 2. The van der Waals surface area contributed by atoms with Crippen molar-refractivity contribution in [1.82, 2.24) is 9.88 Å². The number of urea groups is 1. The summed E-state index contributed by atoms with van der Waals surface area (Å²) in [5, 5.41) is 6.91. The number of carbonyl (C=O) groups excluding carboxylic acids is 1. The van der Waals surface area contributed by atoms with E-state index >= 15 is 0 Å². The van der Waals surface area contributed by atoms with Crippen LogP contribution in [0.4, 0.5) is 10.5 Å². The van der Waals surface area contributed by atoms with Gasteiger partial charge in [0.1, 0.15) is 5.75 Å². The quantitative estimate of drug-likeness (QED) is 0.713. The van der Waals surface area contributed by atoms with Crippen molar-refractivity contribution in [3.8, 4) is 5.75 Å². The second kappa shape index (κ2) is 7.75. The van der Waals surface area contributed by atoms with Crippen LogP contribution >= 0.6 is 0 Å². The fraction of sp³-hybridized carbons (Fsp3) is 0.250. The zero-order valence-electron chi connectivity index (χ0n) is 14.6. The van der Waals surface area contributed by atoms with Crippen molar-refractivity contribution in [3.63, 3.8) is 0 Å². The fourth-order valence-corrected chi connectivity index (χ4v) is 2.92. The second-order valence-electron chi connectivity index (χ2n) is 5.83. The highest BCUT2D eigenvalue weighted by Gasteiger charge is 2.09. The van der Waals surface area contributed by atoms with Crippen LogP contribution in [0.3, 0.4) is 0 Å². The molecule has 2 aromatic carbocycles. The van der Waals surface area contributed by atoms with E-state index in [2.05, 4.69) is 28.2 Å². The molecule has 0 aliphatic heterocycles. The average molecular weight is 337 g/mol. The van der Waals surface area contributed by atoms with Crippen LogP contribution in [0.25, 0.3) is 10.9 Å². The van der Waals surface area contributed by atoms with E-state index in [0.717, 1.165) is 40.9 Å². The monoisotopic (exact) mass is 337 g/mol. The maximum absolute atomic E-state index is 12.2. The van der Waals surface area contributed by atoms with Crippen molar-refractivity contribution < 1.29 is 9.53 Å². The standard InChI is InChI=1S/C20H23N3O2/c1-3-23-14-18(17-9-4-5-10-19(17)23)22-20(24)21-12-11-15-7-6-8-16(13-15)25-2/h4-10,13-14H,3,11-12H2,1-2H3,(H2,21,22,24). The number of methoxy groups -OCH3 is 1.